The van der Waals surface area contributed by atoms with Gasteiger partial charge in [-0.05, 0) is 12.5 Å². The van der Waals surface area contributed by atoms with E-state index in [4.69, 9.17) is 10.9 Å². The maximum atomic E-state index is 12.5. The average molecular weight is 288 g/mol. The van der Waals surface area contributed by atoms with Gasteiger partial charge in [-0.3, -0.25) is 10.8 Å². The summed E-state index contributed by atoms with van der Waals surface area (Å²) in [5, 5.41) is 9.01. The summed E-state index contributed by atoms with van der Waals surface area (Å²) in [6.45, 7) is 2.16. The first-order valence-corrected chi connectivity index (χ1v) is 7.53. The Labute approximate surface area is 113 Å². The summed E-state index contributed by atoms with van der Waals surface area (Å²) in [5.74, 6) is 5.31. The van der Waals surface area contributed by atoms with Crippen molar-refractivity contribution in [2.75, 3.05) is 25.1 Å². The van der Waals surface area contributed by atoms with Crippen molar-refractivity contribution in [3.05, 3.63) is 18.5 Å². The molecule has 0 amide bonds. The van der Waals surface area contributed by atoms with Crippen molar-refractivity contribution in [3.8, 4) is 0 Å². The van der Waals surface area contributed by atoms with Gasteiger partial charge in [0.05, 0.1) is 12.3 Å². The molecule has 0 aromatic carbocycles. The predicted octanol–water partition coefficient (Wildman–Crippen LogP) is 0.150. The van der Waals surface area contributed by atoms with Crippen LogP contribution in [0, 0.1) is 0 Å². The zero-order valence-corrected chi connectivity index (χ0v) is 11.7. The van der Waals surface area contributed by atoms with E-state index in [1.165, 1.54) is 22.8 Å². The second-order valence-corrected chi connectivity index (χ2v) is 5.90. The van der Waals surface area contributed by atoms with Crippen molar-refractivity contribution in [3.63, 3.8) is 0 Å². The van der Waals surface area contributed by atoms with Crippen LogP contribution in [0.2, 0.25) is 0 Å². The molecule has 0 unspecified atom stereocenters. The maximum Gasteiger partial charge on any atom is 0.246 e. The van der Waals surface area contributed by atoms with Gasteiger partial charge in [0.15, 0.2) is 0 Å². The highest BCUT2D eigenvalue weighted by Crippen LogP contribution is 2.22. The third-order valence-corrected chi connectivity index (χ3v) is 4.59. The van der Waals surface area contributed by atoms with Crippen LogP contribution in [0.4, 0.5) is 5.69 Å². The number of nitrogen functional groups attached to an aromatic ring is 1. The molecule has 1 rings (SSSR count). The number of aliphatic hydroxyl groups is 1. The minimum absolute atomic E-state index is 0.0158. The first-order chi connectivity index (χ1) is 9.07. The van der Waals surface area contributed by atoms with Crippen LogP contribution in [0.25, 0.3) is 0 Å². The van der Waals surface area contributed by atoms with Crippen molar-refractivity contribution in [2.45, 2.75) is 24.7 Å². The molecule has 0 aliphatic heterocycles. The molecule has 0 fully saturated rings. The van der Waals surface area contributed by atoms with Gasteiger partial charge in [0.2, 0.25) is 10.0 Å². The van der Waals surface area contributed by atoms with E-state index in [1.807, 2.05) is 6.92 Å². The largest absolute Gasteiger partial charge is 0.395 e. The molecular formula is C11H20N4O3S. The molecule has 1 aromatic heterocycles. The van der Waals surface area contributed by atoms with E-state index in [1.54, 1.807) is 0 Å². The molecular weight excluding hydrogens is 268 g/mol. The van der Waals surface area contributed by atoms with Crippen LogP contribution in [-0.4, -0.2) is 42.5 Å². The van der Waals surface area contributed by atoms with Crippen LogP contribution in [0.1, 0.15) is 19.8 Å². The number of anilines is 1. The first kappa shape index (κ1) is 15.8. The molecule has 4 N–H and O–H groups in total. The second kappa shape index (κ2) is 7.39. The number of unbranched alkanes of at least 4 members (excludes halogenated alkanes) is 1. The molecule has 1 heterocycles. The number of aromatic nitrogens is 1. The Hall–Kier alpha value is -1.22. The number of nitrogens with zero attached hydrogens (tertiary/aromatic N) is 2. The molecule has 8 heteroatoms. The fourth-order valence-corrected chi connectivity index (χ4v) is 3.21. The van der Waals surface area contributed by atoms with Gasteiger partial charge in [0.1, 0.15) is 4.90 Å². The lowest BCUT2D eigenvalue weighted by atomic mass is 10.3. The van der Waals surface area contributed by atoms with Gasteiger partial charge in [-0.15, -0.1) is 0 Å². The minimum Gasteiger partial charge on any atom is -0.395 e. The van der Waals surface area contributed by atoms with E-state index in [0.717, 1.165) is 12.8 Å². The normalized spacial score (nSPS) is 11.8. The number of hydrogen-bond donors (Lipinski definition) is 3. The van der Waals surface area contributed by atoms with Crippen LogP contribution in [0.3, 0.4) is 0 Å². The predicted molar refractivity (Wildman–Crippen MR) is 72.8 cm³/mol. The van der Waals surface area contributed by atoms with Crippen LogP contribution in [0.15, 0.2) is 23.4 Å². The van der Waals surface area contributed by atoms with Crippen molar-refractivity contribution in [2.24, 2.45) is 5.84 Å². The SMILES string of the molecule is CCCCN(CCO)S(=O)(=O)c1cnccc1NN. The van der Waals surface area contributed by atoms with E-state index < -0.39 is 10.0 Å². The first-order valence-electron chi connectivity index (χ1n) is 6.09. The molecule has 7 nitrogen and oxygen atoms in total. The Morgan fingerprint density at radius 1 is 1.47 bits per heavy atom. The smallest absolute Gasteiger partial charge is 0.246 e. The highest BCUT2D eigenvalue weighted by molar-refractivity contribution is 7.89. The Morgan fingerprint density at radius 2 is 2.21 bits per heavy atom. The molecule has 0 spiro atoms. The quantitative estimate of drug-likeness (QED) is 0.464. The highest BCUT2D eigenvalue weighted by atomic mass is 32.2. The Balaban J connectivity index is 3.11. The maximum absolute atomic E-state index is 12.5. The topological polar surface area (TPSA) is 109 Å². The Morgan fingerprint density at radius 3 is 2.79 bits per heavy atom. The Bertz CT molecular complexity index is 492. The number of sulfonamides is 1. The molecule has 0 radical (unpaired) electrons. The minimum atomic E-state index is -3.71. The van der Waals surface area contributed by atoms with E-state index in [2.05, 4.69) is 10.4 Å². The molecule has 0 atom stereocenters. The number of aliphatic hydroxyl groups excluding tert-OH is 1. The van der Waals surface area contributed by atoms with E-state index >= 15 is 0 Å². The third kappa shape index (κ3) is 3.87. The van der Waals surface area contributed by atoms with Crippen molar-refractivity contribution in [1.82, 2.24) is 9.29 Å². The molecule has 108 valence electrons. The summed E-state index contributed by atoms with van der Waals surface area (Å²) >= 11 is 0. The summed E-state index contributed by atoms with van der Waals surface area (Å²) in [7, 11) is -3.71. The number of hydrazine groups is 1. The highest BCUT2D eigenvalue weighted by Gasteiger charge is 2.26. The van der Waals surface area contributed by atoms with Gasteiger partial charge < -0.3 is 10.5 Å². The Kier molecular flexibility index (Phi) is 6.16. The van der Waals surface area contributed by atoms with Crippen LogP contribution >= 0.6 is 0 Å². The average Bonchev–Trinajstić information content (AvgIpc) is 2.43. The lowest BCUT2D eigenvalue weighted by molar-refractivity contribution is 0.252. The number of nitrogens with two attached hydrogens (primary N) is 1. The number of rotatable bonds is 8. The number of pyridine rings is 1. The summed E-state index contributed by atoms with van der Waals surface area (Å²) in [6.07, 6.45) is 4.30. The van der Waals surface area contributed by atoms with E-state index in [9.17, 15) is 8.42 Å². The van der Waals surface area contributed by atoms with E-state index in [0.29, 0.717) is 6.54 Å². The molecule has 0 aliphatic rings. The molecule has 0 saturated carbocycles. The number of nitrogens with one attached hydrogen (secondary N) is 1. The summed E-state index contributed by atoms with van der Waals surface area (Å²) in [6, 6.07) is 1.49. The summed E-state index contributed by atoms with van der Waals surface area (Å²) < 4.78 is 26.2. The standard InChI is InChI=1S/C11H20N4O3S/c1-2-3-6-15(7-8-16)19(17,18)11-9-13-5-4-10(11)14-12/h4-5,9,16H,2-3,6-8,12H2,1H3,(H,13,14). The van der Waals surface area contributed by atoms with Crippen molar-refractivity contribution < 1.29 is 13.5 Å². The van der Waals surface area contributed by atoms with Gasteiger partial charge in [0.25, 0.3) is 0 Å². The second-order valence-electron chi connectivity index (χ2n) is 4.00. The molecule has 19 heavy (non-hydrogen) atoms. The van der Waals surface area contributed by atoms with Crippen molar-refractivity contribution >= 4 is 15.7 Å². The molecule has 0 aliphatic carbocycles. The van der Waals surface area contributed by atoms with Gasteiger partial charge in [-0.1, -0.05) is 13.3 Å². The lowest BCUT2D eigenvalue weighted by Crippen LogP contribution is -2.35. The van der Waals surface area contributed by atoms with Gasteiger partial charge in [-0.25, -0.2) is 8.42 Å². The fraction of sp³-hybridized carbons (Fsp3) is 0.545. The van der Waals surface area contributed by atoms with Gasteiger partial charge >= 0.3 is 0 Å². The van der Waals surface area contributed by atoms with Crippen LogP contribution < -0.4 is 11.3 Å². The monoisotopic (exact) mass is 288 g/mol. The van der Waals surface area contributed by atoms with E-state index in [-0.39, 0.29) is 23.7 Å². The zero-order chi connectivity index (χ0) is 14.3. The van der Waals surface area contributed by atoms with Crippen LogP contribution in [-0.2, 0) is 10.0 Å². The van der Waals surface area contributed by atoms with Gasteiger partial charge in [-0.2, -0.15) is 4.31 Å². The van der Waals surface area contributed by atoms with Crippen LogP contribution in [0.5, 0.6) is 0 Å². The lowest BCUT2D eigenvalue weighted by Gasteiger charge is -2.22. The molecule has 1 aromatic rings. The summed E-state index contributed by atoms with van der Waals surface area (Å²) in [5.41, 5.74) is 2.63. The van der Waals surface area contributed by atoms with Gasteiger partial charge in [0, 0.05) is 25.5 Å². The number of hydrogen-bond acceptors (Lipinski definition) is 6. The zero-order valence-electron chi connectivity index (χ0n) is 10.9. The van der Waals surface area contributed by atoms with Crippen molar-refractivity contribution in [1.29, 1.82) is 0 Å². The third-order valence-electron chi connectivity index (χ3n) is 2.67. The fourth-order valence-electron chi connectivity index (χ4n) is 1.64. The molecule has 0 bridgehead atoms. The summed E-state index contributed by atoms with van der Waals surface area (Å²) in [4.78, 5) is 3.83. The molecule has 0 saturated heterocycles.